The third-order valence-electron chi connectivity index (χ3n) is 3.27. The van der Waals surface area contributed by atoms with E-state index in [0.29, 0.717) is 0 Å². The Labute approximate surface area is 173 Å². The Kier molecular flexibility index (Phi) is 8.87. The monoisotopic (exact) mass is 595 g/mol. The molecular weight excluding hydrogens is 581 g/mol. The average molecular weight is 597 g/mol. The molecule has 0 atom stereocenters. The van der Waals surface area contributed by atoms with E-state index in [0.717, 1.165) is 22.1 Å². The topological polar surface area (TPSA) is 45.0 Å². The number of carbonyl (C=O) groups excluding carboxylic acids is 1. The summed E-state index contributed by atoms with van der Waals surface area (Å²) in [6.45, 7) is 0. The van der Waals surface area contributed by atoms with Crippen molar-refractivity contribution in [2.24, 2.45) is 7.05 Å². The maximum atomic E-state index is 12.1. The Morgan fingerprint density at radius 2 is 1.56 bits per heavy atom. The van der Waals surface area contributed by atoms with E-state index in [1.54, 1.807) is 0 Å². The third-order valence-corrected chi connectivity index (χ3v) is 4.21. The smallest absolute Gasteiger partial charge is 0.288 e. The van der Waals surface area contributed by atoms with Crippen LogP contribution in [0.1, 0.15) is 0 Å². The Balaban J connectivity index is 0.000000701. The first-order chi connectivity index (χ1) is 12.2. The number of benzene rings is 2. The summed E-state index contributed by atoms with van der Waals surface area (Å²) in [7, 11) is 1.94. The van der Waals surface area contributed by atoms with E-state index in [-0.39, 0.29) is 22.8 Å². The van der Waals surface area contributed by atoms with E-state index in [4.69, 9.17) is 0 Å². The van der Waals surface area contributed by atoms with Gasteiger partial charge in [0.05, 0.1) is 7.05 Å². The second kappa shape index (κ2) is 10.9. The SMILES string of the molecule is Br[I-]Br.C[n+]1c(-c2ccccc2)csc1NC(=O)Nc1ccccc1. The minimum absolute atomic E-state index is 0.215. The van der Waals surface area contributed by atoms with Crippen molar-refractivity contribution in [1.29, 1.82) is 0 Å². The maximum Gasteiger partial charge on any atom is 0.411 e. The van der Waals surface area contributed by atoms with E-state index in [2.05, 4.69) is 48.1 Å². The van der Waals surface area contributed by atoms with Crippen LogP contribution in [0.3, 0.4) is 0 Å². The van der Waals surface area contributed by atoms with E-state index in [1.165, 1.54) is 11.3 Å². The molecule has 2 N–H and O–H groups in total. The van der Waals surface area contributed by atoms with Crippen molar-refractivity contribution in [1.82, 2.24) is 0 Å². The van der Waals surface area contributed by atoms with E-state index in [9.17, 15) is 4.79 Å². The molecule has 0 aliphatic rings. The van der Waals surface area contributed by atoms with Gasteiger partial charge in [-0.25, -0.2) is 9.36 Å². The number of carbonyl (C=O) groups is 1. The second-order valence-corrected chi connectivity index (χ2v) is 15.4. The molecule has 8 heteroatoms. The van der Waals surface area contributed by atoms with Gasteiger partial charge in [0.1, 0.15) is 5.69 Å². The van der Waals surface area contributed by atoms with Gasteiger partial charge >= 0.3 is 53.3 Å². The summed E-state index contributed by atoms with van der Waals surface area (Å²) in [6, 6.07) is 19.2. The van der Waals surface area contributed by atoms with Gasteiger partial charge in [0.25, 0.3) is 0 Å². The van der Waals surface area contributed by atoms with Crippen LogP contribution in [0.4, 0.5) is 15.6 Å². The molecule has 4 nitrogen and oxygen atoms in total. The minimum atomic E-state index is -0.247. The molecule has 0 spiro atoms. The first-order valence-corrected chi connectivity index (χ1v) is 17.7. The number of nitrogens with one attached hydrogen (secondary N) is 2. The van der Waals surface area contributed by atoms with E-state index in [1.807, 2.05) is 65.5 Å². The van der Waals surface area contributed by atoms with Gasteiger partial charge in [-0.15, -0.1) is 0 Å². The number of thiazole rings is 1. The molecule has 0 saturated heterocycles. The number of para-hydroxylation sites is 1. The molecule has 0 aliphatic heterocycles. The molecular formula is C17H16Br2IN3OS. The van der Waals surface area contributed by atoms with Crippen LogP contribution in [-0.4, -0.2) is 6.03 Å². The van der Waals surface area contributed by atoms with Gasteiger partial charge in [0.15, 0.2) is 0 Å². The zero-order valence-electron chi connectivity index (χ0n) is 13.2. The summed E-state index contributed by atoms with van der Waals surface area (Å²) in [4.78, 5) is 12.1. The predicted molar refractivity (Wildman–Crippen MR) is 108 cm³/mol. The molecule has 2 amide bonds. The molecule has 2 aromatic carbocycles. The third kappa shape index (κ3) is 6.36. The number of urea groups is 1. The summed E-state index contributed by atoms with van der Waals surface area (Å²) in [5.41, 5.74) is 2.96. The predicted octanol–water partition coefficient (Wildman–Crippen LogP) is 2.58. The number of hydrogen-bond donors (Lipinski definition) is 2. The first kappa shape index (κ1) is 20.3. The molecule has 0 saturated carbocycles. The molecule has 3 rings (SSSR count). The van der Waals surface area contributed by atoms with Crippen molar-refractivity contribution < 1.29 is 26.1 Å². The quantitative estimate of drug-likeness (QED) is 0.354. The Morgan fingerprint density at radius 3 is 2.16 bits per heavy atom. The molecule has 0 radical (unpaired) electrons. The Morgan fingerprint density at radius 1 is 1.00 bits per heavy atom. The van der Waals surface area contributed by atoms with Gasteiger partial charge in [0, 0.05) is 16.6 Å². The van der Waals surface area contributed by atoms with Crippen LogP contribution in [0, 0.1) is 0 Å². The second-order valence-electron chi connectivity index (χ2n) is 4.85. The molecule has 1 aromatic heterocycles. The van der Waals surface area contributed by atoms with Crippen LogP contribution in [-0.2, 0) is 7.05 Å². The fourth-order valence-electron chi connectivity index (χ4n) is 2.14. The standard InChI is InChI=1S/C17H15N3OS.Br2I/c1-20-15(13-8-4-2-5-9-13)12-22-17(20)19-16(21)18-14-10-6-3-7-11-14;1-3-2/h2-12H,1H3,(H,18,21);/q;-1/p+1. The van der Waals surface area contributed by atoms with Gasteiger partial charge in [-0.1, -0.05) is 59.9 Å². The summed E-state index contributed by atoms with van der Waals surface area (Å²) in [5.74, 6) is 0. The van der Waals surface area contributed by atoms with Crippen molar-refractivity contribution in [3.05, 3.63) is 66.0 Å². The zero-order chi connectivity index (χ0) is 18.1. The molecule has 0 fully saturated rings. The number of rotatable bonds is 3. The van der Waals surface area contributed by atoms with Crippen LogP contribution in [0.25, 0.3) is 11.3 Å². The van der Waals surface area contributed by atoms with Crippen LogP contribution >= 0.6 is 36.7 Å². The van der Waals surface area contributed by atoms with E-state index < -0.39 is 0 Å². The van der Waals surface area contributed by atoms with E-state index >= 15 is 0 Å². The Bertz CT molecular complexity index is 800. The van der Waals surface area contributed by atoms with Crippen LogP contribution in [0.15, 0.2) is 66.0 Å². The van der Waals surface area contributed by atoms with Gasteiger partial charge in [-0.2, -0.15) is 5.32 Å². The largest absolute Gasteiger partial charge is 0.411 e. The number of halogens is 3. The Hall–Kier alpha value is -0.970. The van der Waals surface area contributed by atoms with Crippen molar-refractivity contribution in [3.63, 3.8) is 0 Å². The first-order valence-electron chi connectivity index (χ1n) is 7.18. The molecule has 3 aromatic rings. The van der Waals surface area contributed by atoms with Crippen molar-refractivity contribution in [3.8, 4) is 11.3 Å². The fraction of sp³-hybridized carbons (Fsp3) is 0.0588. The molecule has 1 heterocycles. The number of aromatic nitrogens is 1. The maximum absolute atomic E-state index is 12.1. The fourth-order valence-corrected chi connectivity index (χ4v) is 3.07. The molecule has 132 valence electrons. The number of anilines is 2. The molecule has 0 unspecified atom stereocenters. The zero-order valence-corrected chi connectivity index (χ0v) is 19.4. The molecule has 0 bridgehead atoms. The summed E-state index contributed by atoms with van der Waals surface area (Å²) < 4.78 is 1.98. The van der Waals surface area contributed by atoms with Crippen molar-refractivity contribution in [2.45, 2.75) is 0 Å². The summed E-state index contributed by atoms with van der Waals surface area (Å²) in [5, 5.41) is 8.51. The normalized spacial score (nSPS) is 9.88. The summed E-state index contributed by atoms with van der Waals surface area (Å²) in [6.07, 6.45) is 0. The van der Waals surface area contributed by atoms with Gasteiger partial charge in [-0.05, 0) is 12.1 Å². The van der Waals surface area contributed by atoms with Crippen LogP contribution in [0.2, 0.25) is 0 Å². The molecule has 0 aliphatic carbocycles. The van der Waals surface area contributed by atoms with Crippen molar-refractivity contribution >= 4 is 53.6 Å². The van der Waals surface area contributed by atoms with Crippen LogP contribution < -0.4 is 32.0 Å². The number of amides is 2. The van der Waals surface area contributed by atoms with Gasteiger partial charge in [-0.3, -0.25) is 5.32 Å². The van der Waals surface area contributed by atoms with Crippen LogP contribution in [0.5, 0.6) is 0 Å². The van der Waals surface area contributed by atoms with Crippen molar-refractivity contribution in [2.75, 3.05) is 10.6 Å². The molecule has 25 heavy (non-hydrogen) atoms. The average Bonchev–Trinajstić information content (AvgIpc) is 2.98. The number of hydrogen-bond acceptors (Lipinski definition) is 2. The number of nitrogens with zero attached hydrogens (tertiary/aromatic N) is 1. The van der Waals surface area contributed by atoms with Gasteiger partial charge < -0.3 is 0 Å². The summed E-state index contributed by atoms with van der Waals surface area (Å²) >= 11 is 8.06. The van der Waals surface area contributed by atoms with Gasteiger partial charge in [0.2, 0.25) is 0 Å². The minimum Gasteiger partial charge on any atom is -0.288 e.